The molecule has 0 saturated heterocycles. The van der Waals surface area contributed by atoms with Crippen LogP contribution in [0.3, 0.4) is 0 Å². The second kappa shape index (κ2) is 19.0. The predicted octanol–water partition coefficient (Wildman–Crippen LogP) is 4.85. The van der Waals surface area contributed by atoms with E-state index in [1.807, 2.05) is 25.2 Å². The molecule has 41 heavy (non-hydrogen) atoms. The molecular formula is C31H46N2O8. The molecule has 2 rings (SSSR count). The van der Waals surface area contributed by atoms with Gasteiger partial charge in [-0.1, -0.05) is 56.2 Å². The van der Waals surface area contributed by atoms with Crippen LogP contribution in [0.25, 0.3) is 0 Å². The standard InChI is InChI=1S/C31H46N2O8/c1-3-5-8-17-31(37)40-24(19-18-23-13-11-12-15-29(23)41-33(38)39)20-21-26-25(27(34)22-28(26)35)14-9-6-7-10-16-30(36)32-4-2/h6,9,11-13,15,20-21,24-28,34-35H,3-5,7-8,10,14,16-19,22H2,1-2H3,(H,32,36)/b9-6-,21-20+/t24-,25?,26+,27?,28?/m0/s1. The molecule has 0 heterocycles. The van der Waals surface area contributed by atoms with Gasteiger partial charge >= 0.3 is 5.97 Å². The van der Waals surface area contributed by atoms with Crippen molar-refractivity contribution in [1.82, 2.24) is 5.32 Å². The number of carbonyl (C=O) groups excluding carboxylic acids is 2. The lowest BCUT2D eigenvalue weighted by atomic mass is 9.89. The molecule has 1 aromatic rings. The van der Waals surface area contributed by atoms with Crippen LogP contribution in [0, 0.1) is 22.0 Å². The van der Waals surface area contributed by atoms with Gasteiger partial charge in [0, 0.05) is 31.7 Å². The van der Waals surface area contributed by atoms with Crippen molar-refractivity contribution in [2.75, 3.05) is 6.54 Å². The molecule has 1 amide bonds. The third-order valence-electron chi connectivity index (χ3n) is 7.30. The van der Waals surface area contributed by atoms with E-state index in [0.717, 1.165) is 32.1 Å². The Hall–Kier alpha value is -3.24. The first-order valence-electron chi connectivity index (χ1n) is 14.8. The average molecular weight is 575 g/mol. The molecule has 5 atom stereocenters. The first-order valence-corrected chi connectivity index (χ1v) is 14.8. The monoisotopic (exact) mass is 574 g/mol. The van der Waals surface area contributed by atoms with E-state index in [1.54, 1.807) is 24.3 Å². The minimum Gasteiger partial charge on any atom is -0.458 e. The van der Waals surface area contributed by atoms with Gasteiger partial charge < -0.3 is 20.3 Å². The summed E-state index contributed by atoms with van der Waals surface area (Å²) in [6.45, 7) is 4.56. The molecule has 228 valence electrons. The van der Waals surface area contributed by atoms with Gasteiger partial charge in [-0.2, -0.15) is 0 Å². The number of aryl methyl sites for hydroxylation is 1. The van der Waals surface area contributed by atoms with E-state index in [1.165, 1.54) is 6.07 Å². The molecule has 0 radical (unpaired) electrons. The minimum atomic E-state index is -0.853. The molecule has 1 fully saturated rings. The predicted molar refractivity (Wildman–Crippen MR) is 155 cm³/mol. The molecule has 1 aromatic carbocycles. The van der Waals surface area contributed by atoms with Crippen molar-refractivity contribution in [2.24, 2.45) is 11.8 Å². The molecule has 10 heteroatoms. The maximum atomic E-state index is 12.5. The fraction of sp³-hybridized carbons (Fsp3) is 0.613. The third-order valence-corrected chi connectivity index (χ3v) is 7.30. The lowest BCUT2D eigenvalue weighted by Crippen LogP contribution is -2.22. The van der Waals surface area contributed by atoms with Gasteiger partial charge in [0.25, 0.3) is 5.09 Å². The second-order valence-corrected chi connectivity index (χ2v) is 10.5. The van der Waals surface area contributed by atoms with Crippen molar-refractivity contribution < 1.29 is 34.5 Å². The zero-order chi connectivity index (χ0) is 30.0. The molecule has 0 aromatic heterocycles. The Morgan fingerprint density at radius 2 is 1.90 bits per heavy atom. The zero-order valence-electron chi connectivity index (χ0n) is 24.3. The van der Waals surface area contributed by atoms with Crippen molar-refractivity contribution in [1.29, 1.82) is 0 Å². The molecule has 10 nitrogen and oxygen atoms in total. The van der Waals surface area contributed by atoms with Gasteiger partial charge in [-0.05, 0) is 69.1 Å². The number of aliphatic hydroxyl groups excluding tert-OH is 2. The van der Waals surface area contributed by atoms with Crippen LogP contribution in [-0.2, 0) is 20.7 Å². The number of para-hydroxylation sites is 1. The van der Waals surface area contributed by atoms with Gasteiger partial charge in [0.15, 0.2) is 0 Å². The summed E-state index contributed by atoms with van der Waals surface area (Å²) in [5.74, 6) is -0.661. The number of hydrogen-bond donors (Lipinski definition) is 3. The van der Waals surface area contributed by atoms with Gasteiger partial charge in [-0.15, -0.1) is 10.1 Å². The number of carbonyl (C=O) groups is 2. The first kappa shape index (κ1) is 34.0. The molecule has 0 aliphatic heterocycles. The topological polar surface area (TPSA) is 148 Å². The van der Waals surface area contributed by atoms with Crippen LogP contribution in [0.5, 0.6) is 5.75 Å². The number of unbranched alkanes of at least 4 members (excludes halogenated alkanes) is 3. The quantitative estimate of drug-likeness (QED) is 0.0698. The number of aliphatic hydroxyl groups is 2. The van der Waals surface area contributed by atoms with Gasteiger partial charge in [0.1, 0.15) is 11.9 Å². The van der Waals surface area contributed by atoms with Crippen LogP contribution in [0.1, 0.15) is 83.6 Å². The lowest BCUT2D eigenvalue weighted by Gasteiger charge is -2.21. The molecule has 0 spiro atoms. The fourth-order valence-corrected chi connectivity index (χ4v) is 5.11. The van der Waals surface area contributed by atoms with Crippen molar-refractivity contribution in [2.45, 2.75) is 103 Å². The fourth-order valence-electron chi connectivity index (χ4n) is 5.11. The summed E-state index contributed by atoms with van der Waals surface area (Å²) >= 11 is 0. The SMILES string of the molecule is CCCCCC(=O)O[C@H](/C=C/[C@H]1C(O)CC(O)C1C/C=C\CCCC(=O)NCC)CCc1ccccc1O[N+](=O)[O-]. The maximum Gasteiger partial charge on any atom is 0.306 e. The van der Waals surface area contributed by atoms with Crippen LogP contribution in [-0.4, -0.2) is 52.0 Å². The largest absolute Gasteiger partial charge is 0.458 e. The number of rotatable bonds is 19. The Labute approximate surface area is 242 Å². The summed E-state index contributed by atoms with van der Waals surface area (Å²) < 4.78 is 5.77. The number of hydrogen-bond acceptors (Lipinski definition) is 8. The van der Waals surface area contributed by atoms with E-state index >= 15 is 0 Å². The maximum absolute atomic E-state index is 12.5. The van der Waals surface area contributed by atoms with E-state index < -0.39 is 23.4 Å². The van der Waals surface area contributed by atoms with Gasteiger partial charge in [0.2, 0.25) is 5.91 Å². The van der Waals surface area contributed by atoms with Crippen LogP contribution in [0.2, 0.25) is 0 Å². The molecule has 1 aliphatic rings. The van der Waals surface area contributed by atoms with Crippen molar-refractivity contribution in [3.8, 4) is 5.75 Å². The van der Waals surface area contributed by atoms with E-state index in [4.69, 9.17) is 9.57 Å². The van der Waals surface area contributed by atoms with Crippen molar-refractivity contribution in [3.63, 3.8) is 0 Å². The molecule has 3 unspecified atom stereocenters. The number of nitrogens with one attached hydrogen (secondary N) is 1. The van der Waals surface area contributed by atoms with Crippen molar-refractivity contribution in [3.05, 3.63) is 64.2 Å². The Kier molecular flexibility index (Phi) is 15.7. The van der Waals surface area contributed by atoms with E-state index in [0.29, 0.717) is 44.2 Å². The summed E-state index contributed by atoms with van der Waals surface area (Å²) in [6, 6.07) is 6.67. The molecule has 3 N–H and O–H groups in total. The van der Waals surface area contributed by atoms with Gasteiger partial charge in [-0.3, -0.25) is 14.4 Å². The number of nitrogens with zero attached hydrogens (tertiary/aromatic N) is 1. The number of ether oxygens (including phenoxy) is 1. The smallest absolute Gasteiger partial charge is 0.306 e. The summed E-state index contributed by atoms with van der Waals surface area (Å²) in [6.07, 6.45) is 12.1. The number of esters is 1. The summed E-state index contributed by atoms with van der Waals surface area (Å²) in [7, 11) is 0. The zero-order valence-corrected chi connectivity index (χ0v) is 24.3. The van der Waals surface area contributed by atoms with E-state index in [-0.39, 0.29) is 35.9 Å². The highest BCUT2D eigenvalue weighted by Crippen LogP contribution is 2.36. The highest BCUT2D eigenvalue weighted by molar-refractivity contribution is 5.75. The minimum absolute atomic E-state index is 0.0369. The second-order valence-electron chi connectivity index (χ2n) is 10.5. The molecule has 1 aliphatic carbocycles. The highest BCUT2D eigenvalue weighted by atomic mass is 17.0. The normalized spacial score (nSPS) is 21.3. The lowest BCUT2D eigenvalue weighted by molar-refractivity contribution is -0.711. The molecular weight excluding hydrogens is 528 g/mol. The van der Waals surface area contributed by atoms with Crippen LogP contribution in [0.4, 0.5) is 0 Å². The van der Waals surface area contributed by atoms with Gasteiger partial charge in [-0.25, -0.2) is 0 Å². The summed E-state index contributed by atoms with van der Waals surface area (Å²) in [4.78, 5) is 39.7. The average Bonchev–Trinajstić information content (AvgIpc) is 3.19. The van der Waals surface area contributed by atoms with Crippen LogP contribution >= 0.6 is 0 Å². The molecule has 0 bridgehead atoms. The van der Waals surface area contributed by atoms with Crippen molar-refractivity contribution >= 4 is 11.9 Å². The number of benzene rings is 1. The van der Waals surface area contributed by atoms with E-state index in [2.05, 4.69) is 12.2 Å². The summed E-state index contributed by atoms with van der Waals surface area (Å²) in [5, 5.41) is 34.1. The summed E-state index contributed by atoms with van der Waals surface area (Å²) in [5.41, 5.74) is 0.621. The number of amides is 1. The Bertz CT molecular complexity index is 1010. The number of allylic oxidation sites excluding steroid dienone is 2. The first-order chi connectivity index (χ1) is 19.7. The Morgan fingerprint density at radius 1 is 1.12 bits per heavy atom. The van der Waals surface area contributed by atoms with Crippen LogP contribution < -0.4 is 10.2 Å². The highest BCUT2D eigenvalue weighted by Gasteiger charge is 2.39. The van der Waals surface area contributed by atoms with E-state index in [9.17, 15) is 29.9 Å². The Balaban J connectivity index is 2.06. The van der Waals surface area contributed by atoms with Crippen LogP contribution in [0.15, 0.2) is 48.6 Å². The third kappa shape index (κ3) is 12.9. The van der Waals surface area contributed by atoms with Gasteiger partial charge in [0.05, 0.1) is 12.2 Å². The Morgan fingerprint density at radius 3 is 2.63 bits per heavy atom. The molecule has 1 saturated carbocycles.